The summed E-state index contributed by atoms with van der Waals surface area (Å²) in [4.78, 5) is 6.56. The molecule has 0 saturated carbocycles. The van der Waals surface area contributed by atoms with Gasteiger partial charge in [0.05, 0.1) is 0 Å². The van der Waals surface area contributed by atoms with Gasteiger partial charge in [0.15, 0.2) is 0 Å². The Morgan fingerprint density at radius 3 is 3.06 bits per heavy atom. The molecule has 1 aromatic rings. The van der Waals surface area contributed by atoms with E-state index in [1.165, 1.54) is 24.9 Å². The minimum absolute atomic E-state index is 0.593. The quantitative estimate of drug-likeness (QED) is 0.735. The lowest BCUT2D eigenvalue weighted by Crippen LogP contribution is -2.41. The normalized spacial score (nSPS) is 26.9. The van der Waals surface area contributed by atoms with E-state index in [4.69, 9.17) is 11.6 Å². The highest BCUT2D eigenvalue weighted by molar-refractivity contribution is 6.29. The fraction of sp³-hybridized carbons (Fsp3) is 0.615. The second-order valence-electron chi connectivity index (χ2n) is 4.82. The summed E-state index contributed by atoms with van der Waals surface area (Å²) < 4.78 is 0. The van der Waals surface area contributed by atoms with E-state index in [0.717, 1.165) is 12.5 Å². The van der Waals surface area contributed by atoms with Crippen molar-refractivity contribution in [3.05, 3.63) is 29.0 Å². The van der Waals surface area contributed by atoms with E-state index in [9.17, 15) is 0 Å². The number of halogens is 1. The third-order valence-electron chi connectivity index (χ3n) is 3.68. The van der Waals surface area contributed by atoms with E-state index in [2.05, 4.69) is 29.8 Å². The fourth-order valence-corrected chi connectivity index (χ4v) is 2.62. The van der Waals surface area contributed by atoms with Gasteiger partial charge in [0.2, 0.25) is 0 Å². The SMILES string of the molecule is CC1CCCN(Cc2ccnc(Cl)c2)C1C. The number of nitrogens with zero attached hydrogens (tertiary/aromatic N) is 2. The third-order valence-corrected chi connectivity index (χ3v) is 3.89. The molecule has 1 saturated heterocycles. The molecule has 0 amide bonds. The van der Waals surface area contributed by atoms with Crippen molar-refractivity contribution in [2.45, 2.75) is 39.3 Å². The van der Waals surface area contributed by atoms with Crippen LogP contribution in [0.3, 0.4) is 0 Å². The smallest absolute Gasteiger partial charge is 0.129 e. The van der Waals surface area contributed by atoms with E-state index in [1.54, 1.807) is 6.20 Å². The Bertz CT molecular complexity index is 354. The predicted octanol–water partition coefficient (Wildman–Crippen LogP) is 3.36. The van der Waals surface area contributed by atoms with Crippen LogP contribution in [0.15, 0.2) is 18.3 Å². The molecule has 0 bridgehead atoms. The zero-order chi connectivity index (χ0) is 11.5. The molecule has 0 spiro atoms. The Morgan fingerprint density at radius 2 is 2.31 bits per heavy atom. The molecule has 16 heavy (non-hydrogen) atoms. The van der Waals surface area contributed by atoms with Crippen LogP contribution < -0.4 is 0 Å². The van der Waals surface area contributed by atoms with Crippen molar-refractivity contribution in [1.82, 2.24) is 9.88 Å². The molecule has 2 unspecified atom stereocenters. The highest BCUT2D eigenvalue weighted by Crippen LogP contribution is 2.24. The van der Waals surface area contributed by atoms with Gasteiger partial charge in [-0.25, -0.2) is 4.98 Å². The van der Waals surface area contributed by atoms with Crippen LogP contribution in [0.4, 0.5) is 0 Å². The van der Waals surface area contributed by atoms with Gasteiger partial charge in [-0.1, -0.05) is 18.5 Å². The summed E-state index contributed by atoms with van der Waals surface area (Å²) >= 11 is 5.90. The molecule has 0 N–H and O–H groups in total. The van der Waals surface area contributed by atoms with E-state index in [0.29, 0.717) is 11.2 Å². The van der Waals surface area contributed by atoms with Crippen molar-refractivity contribution in [1.29, 1.82) is 0 Å². The Kier molecular flexibility index (Phi) is 3.82. The molecule has 0 aromatic carbocycles. The summed E-state index contributed by atoms with van der Waals surface area (Å²) in [5, 5.41) is 0.593. The molecule has 88 valence electrons. The number of hydrogen-bond donors (Lipinski definition) is 0. The fourth-order valence-electron chi connectivity index (χ4n) is 2.42. The molecule has 0 radical (unpaired) electrons. The summed E-state index contributed by atoms with van der Waals surface area (Å²) in [7, 11) is 0. The van der Waals surface area contributed by atoms with Crippen molar-refractivity contribution in [2.24, 2.45) is 5.92 Å². The summed E-state index contributed by atoms with van der Waals surface area (Å²) in [6.45, 7) is 6.86. The minimum atomic E-state index is 0.593. The molecule has 2 rings (SSSR count). The van der Waals surface area contributed by atoms with Gasteiger partial charge in [0, 0.05) is 18.8 Å². The molecule has 2 heterocycles. The summed E-state index contributed by atoms with van der Waals surface area (Å²) in [5.74, 6) is 0.797. The molecule has 2 nitrogen and oxygen atoms in total. The van der Waals surface area contributed by atoms with Gasteiger partial charge in [0.25, 0.3) is 0 Å². The largest absolute Gasteiger partial charge is 0.296 e. The Balaban J connectivity index is 2.03. The van der Waals surface area contributed by atoms with Crippen LogP contribution in [-0.2, 0) is 6.54 Å². The van der Waals surface area contributed by atoms with Gasteiger partial charge in [-0.3, -0.25) is 4.90 Å². The summed E-state index contributed by atoms with van der Waals surface area (Å²) in [6.07, 6.45) is 4.45. The van der Waals surface area contributed by atoms with Crippen LogP contribution >= 0.6 is 11.6 Å². The maximum absolute atomic E-state index is 5.90. The molecule has 1 aliphatic rings. The average Bonchev–Trinajstić information content (AvgIpc) is 2.25. The van der Waals surface area contributed by atoms with E-state index >= 15 is 0 Å². The van der Waals surface area contributed by atoms with Crippen LogP contribution in [0.25, 0.3) is 0 Å². The average molecular weight is 239 g/mol. The van der Waals surface area contributed by atoms with Crippen molar-refractivity contribution in [3.8, 4) is 0 Å². The van der Waals surface area contributed by atoms with Crippen molar-refractivity contribution >= 4 is 11.6 Å². The highest BCUT2D eigenvalue weighted by Gasteiger charge is 2.24. The third kappa shape index (κ3) is 2.74. The lowest BCUT2D eigenvalue weighted by molar-refractivity contribution is 0.106. The first-order valence-electron chi connectivity index (χ1n) is 6.01. The van der Waals surface area contributed by atoms with Crippen LogP contribution in [0.1, 0.15) is 32.3 Å². The number of piperidine rings is 1. The van der Waals surface area contributed by atoms with Gasteiger partial charge in [0.1, 0.15) is 5.15 Å². The van der Waals surface area contributed by atoms with E-state index in [-0.39, 0.29) is 0 Å². The molecular weight excluding hydrogens is 220 g/mol. The van der Waals surface area contributed by atoms with Gasteiger partial charge in [-0.15, -0.1) is 0 Å². The Morgan fingerprint density at radius 1 is 1.50 bits per heavy atom. The lowest BCUT2D eigenvalue weighted by atomic mass is 9.92. The van der Waals surface area contributed by atoms with Gasteiger partial charge < -0.3 is 0 Å². The molecule has 1 aromatic heterocycles. The number of aromatic nitrogens is 1. The van der Waals surface area contributed by atoms with E-state index < -0.39 is 0 Å². The molecule has 3 heteroatoms. The molecular formula is C13H19ClN2. The molecule has 2 atom stereocenters. The monoisotopic (exact) mass is 238 g/mol. The maximum Gasteiger partial charge on any atom is 0.129 e. The van der Waals surface area contributed by atoms with E-state index in [1.807, 2.05) is 6.07 Å². The zero-order valence-corrected chi connectivity index (χ0v) is 10.7. The van der Waals surface area contributed by atoms with Crippen LogP contribution in [0.5, 0.6) is 0 Å². The highest BCUT2D eigenvalue weighted by atomic mass is 35.5. The Labute approximate surface area is 103 Å². The van der Waals surface area contributed by atoms with Crippen LogP contribution in [0, 0.1) is 5.92 Å². The van der Waals surface area contributed by atoms with Crippen molar-refractivity contribution in [2.75, 3.05) is 6.54 Å². The standard InChI is InChI=1S/C13H19ClN2/c1-10-4-3-7-16(11(10)2)9-12-5-6-15-13(14)8-12/h5-6,8,10-11H,3-4,7,9H2,1-2H3. The maximum atomic E-state index is 5.90. The number of pyridine rings is 1. The second-order valence-corrected chi connectivity index (χ2v) is 5.20. The van der Waals surface area contributed by atoms with Gasteiger partial charge in [-0.05, 0) is 49.9 Å². The molecule has 0 aliphatic carbocycles. The lowest BCUT2D eigenvalue weighted by Gasteiger charge is -2.37. The Hall–Kier alpha value is -0.600. The van der Waals surface area contributed by atoms with Gasteiger partial charge >= 0.3 is 0 Å². The van der Waals surface area contributed by atoms with Crippen LogP contribution in [-0.4, -0.2) is 22.5 Å². The number of hydrogen-bond acceptors (Lipinski definition) is 2. The van der Waals surface area contributed by atoms with Gasteiger partial charge in [-0.2, -0.15) is 0 Å². The summed E-state index contributed by atoms with van der Waals surface area (Å²) in [5.41, 5.74) is 1.26. The molecule has 1 fully saturated rings. The first-order chi connectivity index (χ1) is 7.66. The predicted molar refractivity (Wildman–Crippen MR) is 67.5 cm³/mol. The van der Waals surface area contributed by atoms with Crippen molar-refractivity contribution in [3.63, 3.8) is 0 Å². The van der Waals surface area contributed by atoms with Crippen molar-refractivity contribution < 1.29 is 0 Å². The summed E-state index contributed by atoms with van der Waals surface area (Å²) in [6, 6.07) is 4.69. The first-order valence-corrected chi connectivity index (χ1v) is 6.39. The second kappa shape index (κ2) is 5.15. The first kappa shape index (κ1) is 11.9. The number of likely N-dealkylation sites (tertiary alicyclic amines) is 1. The zero-order valence-electron chi connectivity index (χ0n) is 9.99. The minimum Gasteiger partial charge on any atom is -0.296 e. The molecule has 1 aliphatic heterocycles. The number of rotatable bonds is 2. The van der Waals surface area contributed by atoms with Crippen LogP contribution in [0.2, 0.25) is 5.15 Å². The topological polar surface area (TPSA) is 16.1 Å².